The summed E-state index contributed by atoms with van der Waals surface area (Å²) < 4.78 is 1.96. The zero-order valence-electron chi connectivity index (χ0n) is 12.7. The number of hydrogen-bond donors (Lipinski definition) is 1. The molecule has 1 heterocycles. The topological polar surface area (TPSA) is 42.7 Å². The number of hydrogen-bond acceptors (Lipinski definition) is 3. The fourth-order valence-corrected chi connectivity index (χ4v) is 2.48. The first-order valence-electron chi connectivity index (χ1n) is 7.86. The Morgan fingerprint density at radius 3 is 2.70 bits per heavy atom. The van der Waals surface area contributed by atoms with Crippen LogP contribution in [0.1, 0.15) is 58.5 Å². The lowest BCUT2D eigenvalue weighted by Gasteiger charge is -2.14. The van der Waals surface area contributed by atoms with Crippen molar-refractivity contribution >= 4 is 11.0 Å². The first-order valence-corrected chi connectivity index (χ1v) is 7.86. The SMILES string of the molecule is CCCCCCCCNC(C)n1nnc2ccccc21. The molecule has 0 aliphatic heterocycles. The Balaban J connectivity index is 1.73. The van der Waals surface area contributed by atoms with Crippen molar-refractivity contribution in [1.82, 2.24) is 20.3 Å². The number of unbranched alkanes of at least 4 members (excludes halogenated alkanes) is 5. The molecule has 0 aliphatic rings. The minimum atomic E-state index is 0.193. The van der Waals surface area contributed by atoms with E-state index in [4.69, 9.17) is 0 Å². The molecule has 0 fully saturated rings. The maximum Gasteiger partial charge on any atom is 0.113 e. The lowest BCUT2D eigenvalue weighted by molar-refractivity contribution is 0.395. The molecule has 2 rings (SSSR count). The van der Waals surface area contributed by atoms with E-state index in [1.807, 2.05) is 22.9 Å². The molecule has 0 saturated heterocycles. The molecule has 1 atom stereocenters. The summed E-state index contributed by atoms with van der Waals surface area (Å²) in [7, 11) is 0. The third-order valence-electron chi connectivity index (χ3n) is 3.71. The molecule has 1 aromatic heterocycles. The number of fused-ring (bicyclic) bond motifs is 1. The summed E-state index contributed by atoms with van der Waals surface area (Å²) in [6.45, 7) is 5.44. The highest BCUT2D eigenvalue weighted by Crippen LogP contribution is 2.13. The van der Waals surface area contributed by atoms with Crippen LogP contribution in [-0.2, 0) is 0 Å². The highest BCUT2D eigenvalue weighted by atomic mass is 15.5. The molecule has 0 aliphatic carbocycles. The van der Waals surface area contributed by atoms with Crippen LogP contribution in [0.4, 0.5) is 0 Å². The number of nitrogens with one attached hydrogen (secondary N) is 1. The van der Waals surface area contributed by atoms with E-state index >= 15 is 0 Å². The smallest absolute Gasteiger partial charge is 0.113 e. The Labute approximate surface area is 121 Å². The van der Waals surface area contributed by atoms with Gasteiger partial charge in [0, 0.05) is 0 Å². The van der Waals surface area contributed by atoms with Gasteiger partial charge in [0.2, 0.25) is 0 Å². The van der Waals surface area contributed by atoms with Crippen LogP contribution in [0.15, 0.2) is 24.3 Å². The first kappa shape index (κ1) is 15.0. The van der Waals surface area contributed by atoms with Crippen molar-refractivity contribution in [3.05, 3.63) is 24.3 Å². The van der Waals surface area contributed by atoms with Gasteiger partial charge in [0.25, 0.3) is 0 Å². The summed E-state index contributed by atoms with van der Waals surface area (Å²) >= 11 is 0. The summed E-state index contributed by atoms with van der Waals surface area (Å²) in [6, 6.07) is 8.09. The second-order valence-corrected chi connectivity index (χ2v) is 5.42. The van der Waals surface area contributed by atoms with Crippen molar-refractivity contribution in [2.24, 2.45) is 0 Å². The van der Waals surface area contributed by atoms with Crippen LogP contribution in [0.3, 0.4) is 0 Å². The van der Waals surface area contributed by atoms with E-state index in [2.05, 4.69) is 35.5 Å². The molecule has 4 heteroatoms. The van der Waals surface area contributed by atoms with E-state index < -0.39 is 0 Å². The number of aromatic nitrogens is 3. The van der Waals surface area contributed by atoms with Crippen LogP contribution in [-0.4, -0.2) is 21.5 Å². The third-order valence-corrected chi connectivity index (χ3v) is 3.71. The maximum atomic E-state index is 4.24. The fraction of sp³-hybridized carbons (Fsp3) is 0.625. The predicted molar refractivity (Wildman–Crippen MR) is 83.6 cm³/mol. The normalized spacial score (nSPS) is 12.9. The molecule has 20 heavy (non-hydrogen) atoms. The molecule has 0 spiro atoms. The van der Waals surface area contributed by atoms with Crippen molar-refractivity contribution in [2.75, 3.05) is 6.54 Å². The van der Waals surface area contributed by atoms with Gasteiger partial charge in [-0.3, -0.25) is 5.32 Å². The lowest BCUT2D eigenvalue weighted by Crippen LogP contribution is -2.25. The summed E-state index contributed by atoms with van der Waals surface area (Å²) in [5.74, 6) is 0. The quantitative estimate of drug-likeness (QED) is 0.705. The summed E-state index contributed by atoms with van der Waals surface area (Å²) in [4.78, 5) is 0. The van der Waals surface area contributed by atoms with Gasteiger partial charge in [0.1, 0.15) is 11.7 Å². The van der Waals surface area contributed by atoms with Crippen molar-refractivity contribution in [3.8, 4) is 0 Å². The van der Waals surface area contributed by atoms with E-state index in [0.29, 0.717) is 0 Å². The van der Waals surface area contributed by atoms with Crippen molar-refractivity contribution in [3.63, 3.8) is 0 Å². The lowest BCUT2D eigenvalue weighted by atomic mass is 10.1. The Morgan fingerprint density at radius 1 is 1.10 bits per heavy atom. The summed E-state index contributed by atoms with van der Waals surface area (Å²) in [5, 5.41) is 12.0. The van der Waals surface area contributed by atoms with Gasteiger partial charge < -0.3 is 0 Å². The molecule has 0 saturated carbocycles. The van der Waals surface area contributed by atoms with Crippen LogP contribution in [0, 0.1) is 0 Å². The molecular weight excluding hydrogens is 248 g/mol. The molecule has 2 aromatic rings. The van der Waals surface area contributed by atoms with Gasteiger partial charge in [0.05, 0.1) is 5.52 Å². The van der Waals surface area contributed by atoms with Gasteiger partial charge in [-0.1, -0.05) is 56.4 Å². The van der Waals surface area contributed by atoms with Crippen molar-refractivity contribution < 1.29 is 0 Å². The maximum absolute atomic E-state index is 4.24. The molecule has 0 amide bonds. The van der Waals surface area contributed by atoms with Gasteiger partial charge in [-0.2, -0.15) is 0 Å². The molecule has 1 unspecified atom stereocenters. The molecule has 1 aromatic carbocycles. The fourth-order valence-electron chi connectivity index (χ4n) is 2.48. The summed E-state index contributed by atoms with van der Waals surface area (Å²) in [5.41, 5.74) is 2.05. The van der Waals surface area contributed by atoms with Crippen LogP contribution in [0.25, 0.3) is 11.0 Å². The Morgan fingerprint density at radius 2 is 1.85 bits per heavy atom. The number of para-hydroxylation sites is 1. The zero-order chi connectivity index (χ0) is 14.2. The largest absolute Gasteiger partial charge is 0.296 e. The van der Waals surface area contributed by atoms with Gasteiger partial charge in [0.15, 0.2) is 0 Å². The van der Waals surface area contributed by atoms with E-state index in [0.717, 1.165) is 17.6 Å². The van der Waals surface area contributed by atoms with Gasteiger partial charge >= 0.3 is 0 Å². The van der Waals surface area contributed by atoms with Crippen LogP contribution in [0.2, 0.25) is 0 Å². The van der Waals surface area contributed by atoms with Crippen molar-refractivity contribution in [2.45, 2.75) is 58.5 Å². The minimum absolute atomic E-state index is 0.193. The predicted octanol–water partition coefficient (Wildman–Crippen LogP) is 3.90. The van der Waals surface area contributed by atoms with Gasteiger partial charge in [-0.25, -0.2) is 4.68 Å². The monoisotopic (exact) mass is 274 g/mol. The second kappa shape index (κ2) is 8.00. The van der Waals surface area contributed by atoms with Crippen LogP contribution < -0.4 is 5.32 Å². The first-order chi connectivity index (χ1) is 9.83. The Bertz CT molecular complexity index is 506. The van der Waals surface area contributed by atoms with Crippen molar-refractivity contribution in [1.29, 1.82) is 0 Å². The number of rotatable bonds is 9. The number of nitrogens with zero attached hydrogens (tertiary/aromatic N) is 3. The molecule has 1 N–H and O–H groups in total. The second-order valence-electron chi connectivity index (χ2n) is 5.42. The highest BCUT2D eigenvalue weighted by molar-refractivity contribution is 5.73. The van der Waals surface area contributed by atoms with E-state index in [9.17, 15) is 0 Å². The average molecular weight is 274 g/mol. The van der Waals surface area contributed by atoms with Crippen LogP contribution in [0.5, 0.6) is 0 Å². The number of benzene rings is 1. The molecular formula is C16H26N4. The Kier molecular flexibility index (Phi) is 5.99. The minimum Gasteiger partial charge on any atom is -0.296 e. The molecule has 110 valence electrons. The van der Waals surface area contributed by atoms with Crippen LogP contribution >= 0.6 is 0 Å². The van der Waals surface area contributed by atoms with Gasteiger partial charge in [-0.15, -0.1) is 5.10 Å². The van der Waals surface area contributed by atoms with E-state index in [1.165, 1.54) is 38.5 Å². The van der Waals surface area contributed by atoms with Gasteiger partial charge in [-0.05, 0) is 32.0 Å². The molecule has 0 bridgehead atoms. The molecule has 0 radical (unpaired) electrons. The third kappa shape index (κ3) is 4.04. The Hall–Kier alpha value is -1.42. The highest BCUT2D eigenvalue weighted by Gasteiger charge is 2.09. The summed E-state index contributed by atoms with van der Waals surface area (Å²) in [6.07, 6.45) is 8.16. The molecule has 4 nitrogen and oxygen atoms in total. The van der Waals surface area contributed by atoms with E-state index in [1.54, 1.807) is 0 Å². The average Bonchev–Trinajstić information content (AvgIpc) is 2.90. The standard InChI is InChI=1S/C16H26N4/c1-3-4-5-6-7-10-13-17-14(2)20-16-12-9-8-11-15(16)18-19-20/h8-9,11-12,14,17H,3-7,10,13H2,1-2H3. The van der Waals surface area contributed by atoms with E-state index in [-0.39, 0.29) is 6.17 Å². The zero-order valence-corrected chi connectivity index (χ0v) is 12.7.